The lowest BCUT2D eigenvalue weighted by molar-refractivity contribution is 0.126. The molecule has 0 bridgehead atoms. The number of aromatic nitrogens is 4. The van der Waals surface area contributed by atoms with Crippen LogP contribution in [0.25, 0.3) is 10.8 Å². The molecule has 0 aromatic carbocycles. The summed E-state index contributed by atoms with van der Waals surface area (Å²) in [5, 5.41) is 17.7. The Morgan fingerprint density at radius 1 is 1.21 bits per heavy atom. The Bertz CT molecular complexity index is 1030. The van der Waals surface area contributed by atoms with E-state index in [0.717, 1.165) is 31.1 Å². The minimum Gasteiger partial charge on any atom is -0.393 e. The normalized spacial score (nSPS) is 19.2. The van der Waals surface area contributed by atoms with E-state index in [-0.39, 0.29) is 17.7 Å². The highest BCUT2D eigenvalue weighted by atomic mass is 16.3. The second kappa shape index (κ2) is 8.54. The Morgan fingerprint density at radius 2 is 2.03 bits per heavy atom. The van der Waals surface area contributed by atoms with Crippen LogP contribution in [-0.4, -0.2) is 43.3 Å². The van der Waals surface area contributed by atoms with Gasteiger partial charge in [-0.15, -0.1) is 0 Å². The van der Waals surface area contributed by atoms with Crippen molar-refractivity contribution in [1.82, 2.24) is 19.5 Å². The van der Waals surface area contributed by atoms with Crippen molar-refractivity contribution in [3.8, 4) is 0 Å². The highest BCUT2D eigenvalue weighted by Crippen LogP contribution is 2.27. The lowest BCUT2D eigenvalue weighted by atomic mass is 9.93. The fourth-order valence-corrected chi connectivity index (χ4v) is 3.69. The Hall–Kier alpha value is -3.04. The molecule has 0 aliphatic heterocycles. The molecule has 152 valence electrons. The van der Waals surface area contributed by atoms with Crippen molar-refractivity contribution < 1.29 is 5.11 Å². The van der Waals surface area contributed by atoms with Gasteiger partial charge in [-0.05, 0) is 43.2 Å². The summed E-state index contributed by atoms with van der Waals surface area (Å²) in [6.45, 7) is 0.831. The van der Waals surface area contributed by atoms with E-state index < -0.39 is 0 Å². The van der Waals surface area contributed by atoms with E-state index in [1.807, 2.05) is 12.1 Å². The van der Waals surface area contributed by atoms with Crippen LogP contribution in [0.5, 0.6) is 0 Å². The quantitative estimate of drug-likeness (QED) is 0.495. The summed E-state index contributed by atoms with van der Waals surface area (Å²) < 4.78 is 1.61. The van der Waals surface area contributed by atoms with Gasteiger partial charge in [-0.2, -0.15) is 0 Å². The molecule has 29 heavy (non-hydrogen) atoms. The Labute approximate surface area is 168 Å². The van der Waals surface area contributed by atoms with Crippen LogP contribution in [0.1, 0.15) is 25.7 Å². The maximum atomic E-state index is 13.0. The minimum atomic E-state index is -0.246. The third kappa shape index (κ3) is 4.36. The zero-order chi connectivity index (χ0) is 20.2. The van der Waals surface area contributed by atoms with Gasteiger partial charge in [0.1, 0.15) is 17.5 Å². The summed E-state index contributed by atoms with van der Waals surface area (Å²) in [4.78, 5) is 26.0. The zero-order valence-electron chi connectivity index (χ0n) is 16.1. The predicted molar refractivity (Wildman–Crippen MR) is 112 cm³/mol. The standard InChI is InChI=1S/C20H25N7O2/c21-6-10-27-9-5-13-11-16(25-17-12-22-7-8-23-17)26-19(18(13)20(27)29)24-14-1-3-15(28)4-2-14/h5,7-9,11-12,14-15,28H,1-4,6,10,21H2,(H2,23,24,25,26). The lowest BCUT2D eigenvalue weighted by Crippen LogP contribution is -2.30. The van der Waals surface area contributed by atoms with Gasteiger partial charge in [0.2, 0.25) is 0 Å². The summed E-state index contributed by atoms with van der Waals surface area (Å²) in [6, 6.07) is 3.88. The van der Waals surface area contributed by atoms with Gasteiger partial charge in [-0.1, -0.05) is 0 Å². The van der Waals surface area contributed by atoms with Gasteiger partial charge in [0.25, 0.3) is 5.56 Å². The van der Waals surface area contributed by atoms with Crippen molar-refractivity contribution in [3.63, 3.8) is 0 Å². The fourth-order valence-electron chi connectivity index (χ4n) is 3.69. The molecule has 0 radical (unpaired) electrons. The molecule has 3 heterocycles. The number of anilines is 3. The topological polar surface area (TPSA) is 131 Å². The van der Waals surface area contributed by atoms with Crippen LogP contribution >= 0.6 is 0 Å². The summed E-state index contributed by atoms with van der Waals surface area (Å²) in [6.07, 6.45) is 9.46. The SMILES string of the molecule is NCCn1ccc2cc(Nc3cnccn3)nc(NC3CCC(O)CC3)c2c1=O. The van der Waals surface area contributed by atoms with Crippen molar-refractivity contribution >= 4 is 28.2 Å². The fraction of sp³-hybridized carbons (Fsp3) is 0.400. The molecule has 0 spiro atoms. The van der Waals surface area contributed by atoms with Crippen LogP contribution in [0, 0.1) is 0 Å². The molecule has 9 heteroatoms. The summed E-state index contributed by atoms with van der Waals surface area (Å²) in [5.74, 6) is 1.68. The zero-order valence-corrected chi connectivity index (χ0v) is 16.1. The molecule has 9 nitrogen and oxygen atoms in total. The Kier molecular flexibility index (Phi) is 5.68. The summed E-state index contributed by atoms with van der Waals surface area (Å²) in [7, 11) is 0. The summed E-state index contributed by atoms with van der Waals surface area (Å²) >= 11 is 0. The van der Waals surface area contributed by atoms with Crippen LogP contribution in [0.3, 0.4) is 0 Å². The average molecular weight is 395 g/mol. The van der Waals surface area contributed by atoms with Gasteiger partial charge >= 0.3 is 0 Å². The molecule has 1 saturated carbocycles. The van der Waals surface area contributed by atoms with Gasteiger partial charge in [-0.25, -0.2) is 9.97 Å². The number of rotatable bonds is 6. The highest BCUT2D eigenvalue weighted by Gasteiger charge is 2.21. The maximum absolute atomic E-state index is 13.0. The van der Waals surface area contributed by atoms with E-state index in [2.05, 4.69) is 25.6 Å². The highest BCUT2D eigenvalue weighted by molar-refractivity contribution is 5.93. The first-order valence-corrected chi connectivity index (χ1v) is 9.86. The number of pyridine rings is 2. The third-order valence-corrected chi connectivity index (χ3v) is 5.19. The number of nitrogens with zero attached hydrogens (tertiary/aromatic N) is 4. The number of hydrogen-bond donors (Lipinski definition) is 4. The molecule has 1 fully saturated rings. The largest absolute Gasteiger partial charge is 0.393 e. The number of aliphatic hydroxyl groups excluding tert-OH is 1. The number of nitrogens with one attached hydrogen (secondary N) is 2. The van der Waals surface area contributed by atoms with Gasteiger partial charge in [-0.3, -0.25) is 9.78 Å². The van der Waals surface area contributed by atoms with Gasteiger partial charge < -0.3 is 26.0 Å². The van der Waals surface area contributed by atoms with Crippen LogP contribution in [0.15, 0.2) is 41.7 Å². The second-order valence-electron chi connectivity index (χ2n) is 7.29. The monoisotopic (exact) mass is 395 g/mol. The molecule has 0 amide bonds. The Morgan fingerprint density at radius 3 is 2.76 bits per heavy atom. The van der Waals surface area contributed by atoms with E-state index in [1.165, 1.54) is 0 Å². The van der Waals surface area contributed by atoms with Crippen molar-refractivity contribution in [2.24, 2.45) is 5.73 Å². The van der Waals surface area contributed by atoms with E-state index in [9.17, 15) is 9.90 Å². The van der Waals surface area contributed by atoms with E-state index in [1.54, 1.807) is 29.4 Å². The minimum absolute atomic E-state index is 0.121. The molecular weight excluding hydrogens is 370 g/mol. The molecule has 1 aliphatic rings. The Balaban J connectivity index is 1.75. The van der Waals surface area contributed by atoms with E-state index in [0.29, 0.717) is 35.9 Å². The number of nitrogens with two attached hydrogens (primary N) is 1. The van der Waals surface area contributed by atoms with Gasteiger partial charge in [0.05, 0.1) is 17.7 Å². The lowest BCUT2D eigenvalue weighted by Gasteiger charge is -2.27. The van der Waals surface area contributed by atoms with Crippen LogP contribution in [0.2, 0.25) is 0 Å². The number of fused-ring (bicyclic) bond motifs is 1. The molecule has 0 saturated heterocycles. The molecule has 3 aromatic heterocycles. The predicted octanol–water partition coefficient (Wildman–Crippen LogP) is 1.60. The first kappa shape index (κ1) is 19.3. The molecule has 3 aromatic rings. The molecular formula is C20H25N7O2. The molecule has 0 unspecified atom stereocenters. The molecule has 4 rings (SSSR count). The number of hydrogen-bond acceptors (Lipinski definition) is 8. The van der Waals surface area contributed by atoms with Crippen LogP contribution in [-0.2, 0) is 6.54 Å². The first-order chi connectivity index (χ1) is 14.1. The van der Waals surface area contributed by atoms with Gasteiger partial charge in [0, 0.05) is 37.7 Å². The second-order valence-corrected chi connectivity index (χ2v) is 7.29. The summed E-state index contributed by atoms with van der Waals surface area (Å²) in [5.41, 5.74) is 5.53. The third-order valence-electron chi connectivity index (χ3n) is 5.19. The van der Waals surface area contributed by atoms with Crippen LogP contribution in [0.4, 0.5) is 17.5 Å². The van der Waals surface area contributed by atoms with E-state index >= 15 is 0 Å². The smallest absolute Gasteiger partial charge is 0.262 e. The van der Waals surface area contributed by atoms with Crippen molar-refractivity contribution in [3.05, 3.63) is 47.3 Å². The first-order valence-electron chi connectivity index (χ1n) is 9.86. The van der Waals surface area contributed by atoms with Gasteiger partial charge in [0.15, 0.2) is 0 Å². The van der Waals surface area contributed by atoms with Crippen molar-refractivity contribution in [2.45, 2.75) is 44.4 Å². The average Bonchev–Trinajstić information content (AvgIpc) is 2.72. The van der Waals surface area contributed by atoms with E-state index in [4.69, 9.17) is 5.73 Å². The molecule has 1 aliphatic carbocycles. The molecule has 0 atom stereocenters. The molecule has 5 N–H and O–H groups in total. The van der Waals surface area contributed by atoms with Crippen molar-refractivity contribution in [2.75, 3.05) is 17.2 Å². The number of aliphatic hydroxyl groups is 1. The maximum Gasteiger partial charge on any atom is 0.262 e. The van der Waals surface area contributed by atoms with Crippen LogP contribution < -0.4 is 21.9 Å². The van der Waals surface area contributed by atoms with Crippen molar-refractivity contribution in [1.29, 1.82) is 0 Å².